The molecule has 0 fully saturated rings. The summed E-state index contributed by atoms with van der Waals surface area (Å²) >= 11 is 0. The van der Waals surface area contributed by atoms with Gasteiger partial charge in [0.05, 0.1) is 0 Å². The maximum absolute atomic E-state index is 3.66. The average Bonchev–Trinajstić information content (AvgIpc) is 2.68. The maximum Gasteiger partial charge on any atom is 0.0125 e. The molecule has 0 spiro atoms. The molecule has 2 rings (SSSR count). The standard InChI is InChI=1S/C15H23N/c1-4-16-15(11(2)3)14-9-12-7-5-6-8-13(12)10-14/h5-8,11,14-16H,4,9-10H2,1-3H3. The number of hydrogen-bond donors (Lipinski definition) is 1. The van der Waals surface area contributed by atoms with Crippen molar-refractivity contribution in [2.24, 2.45) is 11.8 Å². The Balaban J connectivity index is 2.09. The molecule has 0 saturated carbocycles. The zero-order chi connectivity index (χ0) is 11.5. The van der Waals surface area contributed by atoms with Crippen molar-refractivity contribution in [3.8, 4) is 0 Å². The minimum atomic E-state index is 0.664. The molecule has 0 radical (unpaired) electrons. The van der Waals surface area contributed by atoms with Crippen LogP contribution < -0.4 is 5.32 Å². The van der Waals surface area contributed by atoms with Gasteiger partial charge in [-0.15, -0.1) is 0 Å². The minimum Gasteiger partial charge on any atom is -0.314 e. The van der Waals surface area contributed by atoms with E-state index in [0.717, 1.165) is 18.4 Å². The van der Waals surface area contributed by atoms with Crippen LogP contribution >= 0.6 is 0 Å². The number of rotatable bonds is 4. The Labute approximate surface area is 99.3 Å². The molecule has 1 nitrogen and oxygen atoms in total. The third-order valence-electron chi connectivity index (χ3n) is 3.75. The van der Waals surface area contributed by atoms with E-state index in [1.165, 1.54) is 12.8 Å². The Morgan fingerprint density at radius 2 is 1.75 bits per heavy atom. The summed E-state index contributed by atoms with van der Waals surface area (Å²) < 4.78 is 0. The van der Waals surface area contributed by atoms with Crippen molar-refractivity contribution in [3.63, 3.8) is 0 Å². The molecule has 0 aliphatic heterocycles. The van der Waals surface area contributed by atoms with Crippen molar-refractivity contribution in [1.82, 2.24) is 5.32 Å². The Kier molecular flexibility index (Phi) is 3.65. The van der Waals surface area contributed by atoms with Crippen molar-refractivity contribution in [3.05, 3.63) is 35.4 Å². The van der Waals surface area contributed by atoms with Crippen molar-refractivity contribution >= 4 is 0 Å². The number of hydrogen-bond acceptors (Lipinski definition) is 1. The van der Waals surface area contributed by atoms with E-state index >= 15 is 0 Å². The second-order valence-corrected chi connectivity index (χ2v) is 5.26. The van der Waals surface area contributed by atoms with Gasteiger partial charge in [-0.05, 0) is 42.3 Å². The van der Waals surface area contributed by atoms with Gasteiger partial charge < -0.3 is 5.32 Å². The zero-order valence-electron chi connectivity index (χ0n) is 10.7. The summed E-state index contributed by atoms with van der Waals surface area (Å²) in [5.41, 5.74) is 3.13. The van der Waals surface area contributed by atoms with Crippen LogP contribution in [0.25, 0.3) is 0 Å². The Hall–Kier alpha value is -0.820. The summed E-state index contributed by atoms with van der Waals surface area (Å²) in [6.45, 7) is 7.94. The van der Waals surface area contributed by atoms with Gasteiger partial charge in [0.2, 0.25) is 0 Å². The Morgan fingerprint density at radius 1 is 1.19 bits per heavy atom. The molecule has 1 unspecified atom stereocenters. The number of fused-ring (bicyclic) bond motifs is 1. The highest BCUT2D eigenvalue weighted by Crippen LogP contribution is 2.30. The van der Waals surface area contributed by atoms with Crippen LogP contribution in [0.4, 0.5) is 0 Å². The van der Waals surface area contributed by atoms with Crippen LogP contribution in [-0.2, 0) is 12.8 Å². The van der Waals surface area contributed by atoms with Crippen molar-refractivity contribution in [2.75, 3.05) is 6.54 Å². The van der Waals surface area contributed by atoms with E-state index in [1.54, 1.807) is 11.1 Å². The SMILES string of the molecule is CCNC(C(C)C)C1Cc2ccccc2C1. The van der Waals surface area contributed by atoms with E-state index in [0.29, 0.717) is 6.04 Å². The third-order valence-corrected chi connectivity index (χ3v) is 3.75. The highest BCUT2D eigenvalue weighted by molar-refractivity contribution is 5.32. The van der Waals surface area contributed by atoms with Crippen LogP contribution in [0.15, 0.2) is 24.3 Å². The molecule has 88 valence electrons. The van der Waals surface area contributed by atoms with E-state index in [-0.39, 0.29) is 0 Å². The zero-order valence-corrected chi connectivity index (χ0v) is 10.7. The lowest BCUT2D eigenvalue weighted by atomic mass is 9.88. The fraction of sp³-hybridized carbons (Fsp3) is 0.600. The van der Waals surface area contributed by atoms with Crippen molar-refractivity contribution in [1.29, 1.82) is 0 Å². The summed E-state index contributed by atoms with van der Waals surface area (Å²) in [5.74, 6) is 1.51. The van der Waals surface area contributed by atoms with E-state index in [2.05, 4.69) is 50.4 Å². The summed E-state index contributed by atoms with van der Waals surface area (Å²) in [4.78, 5) is 0. The van der Waals surface area contributed by atoms with Gasteiger partial charge in [-0.1, -0.05) is 45.0 Å². The summed E-state index contributed by atoms with van der Waals surface area (Å²) in [6.07, 6.45) is 2.51. The molecule has 1 aromatic carbocycles. The van der Waals surface area contributed by atoms with Crippen LogP contribution in [-0.4, -0.2) is 12.6 Å². The van der Waals surface area contributed by atoms with Gasteiger partial charge in [-0.2, -0.15) is 0 Å². The van der Waals surface area contributed by atoms with Crippen LogP contribution in [0, 0.1) is 11.8 Å². The van der Waals surface area contributed by atoms with Crippen molar-refractivity contribution in [2.45, 2.75) is 39.7 Å². The van der Waals surface area contributed by atoms with Gasteiger partial charge in [0.15, 0.2) is 0 Å². The molecule has 1 aliphatic rings. The monoisotopic (exact) mass is 217 g/mol. The van der Waals surface area contributed by atoms with Gasteiger partial charge >= 0.3 is 0 Å². The first kappa shape index (κ1) is 11.7. The molecule has 1 aromatic rings. The first-order valence-electron chi connectivity index (χ1n) is 6.52. The topological polar surface area (TPSA) is 12.0 Å². The average molecular weight is 217 g/mol. The maximum atomic E-state index is 3.66. The largest absolute Gasteiger partial charge is 0.314 e. The van der Waals surface area contributed by atoms with Gasteiger partial charge in [0.1, 0.15) is 0 Å². The first-order valence-corrected chi connectivity index (χ1v) is 6.52. The smallest absolute Gasteiger partial charge is 0.0125 e. The Bertz CT molecular complexity index is 318. The van der Waals surface area contributed by atoms with Gasteiger partial charge in [-0.3, -0.25) is 0 Å². The van der Waals surface area contributed by atoms with E-state index < -0.39 is 0 Å². The molecular formula is C15H23N. The van der Waals surface area contributed by atoms with Crippen LogP contribution in [0.2, 0.25) is 0 Å². The predicted octanol–water partition coefficient (Wildman–Crippen LogP) is 3.04. The highest BCUT2D eigenvalue weighted by Gasteiger charge is 2.29. The molecule has 1 aliphatic carbocycles. The van der Waals surface area contributed by atoms with Crippen LogP contribution in [0.1, 0.15) is 31.9 Å². The molecule has 1 N–H and O–H groups in total. The van der Waals surface area contributed by atoms with Crippen LogP contribution in [0.3, 0.4) is 0 Å². The minimum absolute atomic E-state index is 0.664. The molecule has 0 saturated heterocycles. The lowest BCUT2D eigenvalue weighted by molar-refractivity contribution is 0.294. The number of nitrogens with one attached hydrogen (secondary N) is 1. The molecule has 1 heteroatoms. The lowest BCUT2D eigenvalue weighted by Crippen LogP contribution is -2.40. The predicted molar refractivity (Wildman–Crippen MR) is 69.6 cm³/mol. The van der Waals surface area contributed by atoms with E-state index in [4.69, 9.17) is 0 Å². The van der Waals surface area contributed by atoms with Gasteiger partial charge in [0, 0.05) is 6.04 Å². The lowest BCUT2D eigenvalue weighted by Gasteiger charge is -2.27. The van der Waals surface area contributed by atoms with Gasteiger partial charge in [-0.25, -0.2) is 0 Å². The molecule has 16 heavy (non-hydrogen) atoms. The number of benzene rings is 1. The molecule has 0 heterocycles. The summed E-state index contributed by atoms with van der Waals surface area (Å²) in [6, 6.07) is 9.58. The molecule has 0 bridgehead atoms. The fourth-order valence-electron chi connectivity index (χ4n) is 3.03. The molecule has 1 atom stereocenters. The van der Waals surface area contributed by atoms with Gasteiger partial charge in [0.25, 0.3) is 0 Å². The fourth-order valence-corrected chi connectivity index (χ4v) is 3.03. The first-order chi connectivity index (χ1) is 7.72. The molecule has 0 amide bonds. The van der Waals surface area contributed by atoms with E-state index in [1.807, 2.05) is 0 Å². The van der Waals surface area contributed by atoms with Crippen molar-refractivity contribution < 1.29 is 0 Å². The van der Waals surface area contributed by atoms with E-state index in [9.17, 15) is 0 Å². The molecule has 0 aromatic heterocycles. The Morgan fingerprint density at radius 3 is 2.19 bits per heavy atom. The van der Waals surface area contributed by atoms with Crippen LogP contribution in [0.5, 0.6) is 0 Å². The quantitative estimate of drug-likeness (QED) is 0.817. The highest BCUT2D eigenvalue weighted by atomic mass is 14.9. The second-order valence-electron chi connectivity index (χ2n) is 5.26. The second kappa shape index (κ2) is 5.01. The normalized spacial score (nSPS) is 17.8. The molecular weight excluding hydrogens is 194 g/mol. The summed E-state index contributed by atoms with van der Waals surface area (Å²) in [7, 11) is 0. The summed E-state index contributed by atoms with van der Waals surface area (Å²) in [5, 5.41) is 3.66. The third kappa shape index (κ3) is 2.30.